The molecule has 0 aliphatic heterocycles. The van der Waals surface area contributed by atoms with E-state index in [2.05, 4.69) is 4.98 Å². The Morgan fingerprint density at radius 1 is 1.29 bits per heavy atom. The molecule has 3 heteroatoms. The van der Waals surface area contributed by atoms with Crippen LogP contribution in [-0.2, 0) is 0 Å². The van der Waals surface area contributed by atoms with E-state index in [9.17, 15) is 0 Å². The molecule has 0 bridgehead atoms. The van der Waals surface area contributed by atoms with E-state index in [1.165, 1.54) is 0 Å². The minimum absolute atomic E-state index is 0.603. The quantitative estimate of drug-likeness (QED) is 0.732. The number of hydrogen-bond acceptors (Lipinski definition) is 3. The smallest absolute Gasteiger partial charge is 0.120 e. The minimum Gasteiger partial charge on any atom is -0.312 e. The molecule has 1 aromatic heterocycles. The summed E-state index contributed by atoms with van der Waals surface area (Å²) in [5, 5.41) is 10.8. The molecular weight excluding hydrogens is 174 g/mol. The van der Waals surface area contributed by atoms with Gasteiger partial charge in [-0.2, -0.15) is 5.26 Å². The SMILES string of the molecule is N#CC(N)c1cncc2ccccc12. The van der Waals surface area contributed by atoms with E-state index in [4.69, 9.17) is 11.0 Å². The van der Waals surface area contributed by atoms with Gasteiger partial charge >= 0.3 is 0 Å². The molecule has 0 fully saturated rings. The fourth-order valence-corrected chi connectivity index (χ4v) is 1.46. The highest BCUT2D eigenvalue weighted by Gasteiger charge is 2.08. The van der Waals surface area contributed by atoms with Crippen molar-refractivity contribution in [2.45, 2.75) is 6.04 Å². The maximum Gasteiger partial charge on any atom is 0.120 e. The van der Waals surface area contributed by atoms with Gasteiger partial charge in [-0.05, 0) is 5.39 Å². The van der Waals surface area contributed by atoms with Crippen molar-refractivity contribution < 1.29 is 0 Å². The average Bonchev–Trinajstić information content (AvgIpc) is 2.27. The Hall–Kier alpha value is -1.92. The highest BCUT2D eigenvalue weighted by molar-refractivity contribution is 5.85. The van der Waals surface area contributed by atoms with Gasteiger partial charge in [-0.15, -0.1) is 0 Å². The van der Waals surface area contributed by atoms with Gasteiger partial charge in [0.2, 0.25) is 0 Å². The number of nitrogens with two attached hydrogens (primary N) is 1. The number of pyridine rings is 1. The lowest BCUT2D eigenvalue weighted by molar-refractivity contribution is 0.927. The summed E-state index contributed by atoms with van der Waals surface area (Å²) >= 11 is 0. The molecule has 0 amide bonds. The number of nitrogens with zero attached hydrogens (tertiary/aromatic N) is 2. The Balaban J connectivity index is 2.72. The predicted molar refractivity (Wildman–Crippen MR) is 54.3 cm³/mol. The van der Waals surface area contributed by atoms with E-state index in [1.54, 1.807) is 12.4 Å². The number of benzene rings is 1. The van der Waals surface area contributed by atoms with Gasteiger partial charge in [-0.1, -0.05) is 24.3 Å². The fourth-order valence-electron chi connectivity index (χ4n) is 1.46. The molecule has 2 N–H and O–H groups in total. The van der Waals surface area contributed by atoms with Gasteiger partial charge in [0.1, 0.15) is 6.04 Å². The molecule has 0 spiro atoms. The third kappa shape index (κ3) is 1.32. The third-order valence-corrected chi connectivity index (χ3v) is 2.17. The average molecular weight is 183 g/mol. The molecule has 0 radical (unpaired) electrons. The minimum atomic E-state index is -0.603. The number of nitriles is 1. The summed E-state index contributed by atoms with van der Waals surface area (Å²) in [5.41, 5.74) is 6.44. The Labute approximate surface area is 81.8 Å². The number of hydrogen-bond donors (Lipinski definition) is 1. The highest BCUT2D eigenvalue weighted by Crippen LogP contribution is 2.20. The monoisotopic (exact) mass is 183 g/mol. The molecule has 0 saturated heterocycles. The van der Waals surface area contributed by atoms with Gasteiger partial charge < -0.3 is 5.73 Å². The standard InChI is InChI=1S/C11H9N3/c12-5-11(13)10-7-14-6-8-3-1-2-4-9(8)10/h1-4,6-7,11H,13H2. The van der Waals surface area contributed by atoms with Crippen molar-refractivity contribution >= 4 is 10.8 Å². The summed E-state index contributed by atoms with van der Waals surface area (Å²) in [5.74, 6) is 0. The van der Waals surface area contributed by atoms with Crippen LogP contribution < -0.4 is 5.73 Å². The molecule has 1 aromatic carbocycles. The van der Waals surface area contributed by atoms with Crippen LogP contribution in [0.3, 0.4) is 0 Å². The van der Waals surface area contributed by atoms with Crippen molar-refractivity contribution in [1.82, 2.24) is 4.98 Å². The largest absolute Gasteiger partial charge is 0.312 e. The molecule has 68 valence electrons. The Morgan fingerprint density at radius 2 is 2.07 bits per heavy atom. The molecule has 2 rings (SSSR count). The second-order valence-electron chi connectivity index (χ2n) is 3.06. The topological polar surface area (TPSA) is 62.7 Å². The van der Waals surface area contributed by atoms with E-state index in [0.717, 1.165) is 16.3 Å². The normalized spacial score (nSPS) is 12.3. The van der Waals surface area contributed by atoms with Crippen LogP contribution in [0.4, 0.5) is 0 Å². The fraction of sp³-hybridized carbons (Fsp3) is 0.0909. The van der Waals surface area contributed by atoms with Crippen LogP contribution in [0.15, 0.2) is 36.7 Å². The molecule has 1 heterocycles. The molecule has 14 heavy (non-hydrogen) atoms. The molecule has 1 atom stereocenters. The summed E-state index contributed by atoms with van der Waals surface area (Å²) in [4.78, 5) is 4.05. The molecule has 2 aromatic rings. The van der Waals surface area contributed by atoms with Crippen LogP contribution in [0.2, 0.25) is 0 Å². The van der Waals surface area contributed by atoms with Gasteiger partial charge in [0.15, 0.2) is 0 Å². The second kappa shape index (κ2) is 3.44. The first kappa shape index (κ1) is 8.67. The number of aromatic nitrogens is 1. The van der Waals surface area contributed by atoms with Crippen molar-refractivity contribution in [3.63, 3.8) is 0 Å². The van der Waals surface area contributed by atoms with E-state index in [1.807, 2.05) is 30.3 Å². The van der Waals surface area contributed by atoms with Crippen molar-refractivity contribution in [2.24, 2.45) is 5.73 Å². The van der Waals surface area contributed by atoms with Gasteiger partial charge in [0, 0.05) is 23.3 Å². The van der Waals surface area contributed by atoms with E-state index < -0.39 is 6.04 Å². The first-order chi connectivity index (χ1) is 6.83. The van der Waals surface area contributed by atoms with Gasteiger partial charge in [-0.3, -0.25) is 4.98 Å². The van der Waals surface area contributed by atoms with Crippen molar-refractivity contribution in [3.8, 4) is 6.07 Å². The van der Waals surface area contributed by atoms with Crippen LogP contribution >= 0.6 is 0 Å². The summed E-state index contributed by atoms with van der Waals surface area (Å²) in [6.07, 6.45) is 3.42. The van der Waals surface area contributed by atoms with Gasteiger partial charge in [0.25, 0.3) is 0 Å². The van der Waals surface area contributed by atoms with Crippen LogP contribution in [0.5, 0.6) is 0 Å². The van der Waals surface area contributed by atoms with Crippen LogP contribution in [-0.4, -0.2) is 4.98 Å². The van der Waals surface area contributed by atoms with Gasteiger partial charge in [-0.25, -0.2) is 0 Å². The first-order valence-electron chi connectivity index (χ1n) is 4.31. The Kier molecular flexibility index (Phi) is 2.13. The second-order valence-corrected chi connectivity index (χ2v) is 3.06. The zero-order valence-corrected chi connectivity index (χ0v) is 7.51. The summed E-state index contributed by atoms with van der Waals surface area (Å²) in [6.45, 7) is 0. The maximum atomic E-state index is 8.74. The lowest BCUT2D eigenvalue weighted by Crippen LogP contribution is -2.08. The van der Waals surface area contributed by atoms with E-state index in [0.29, 0.717) is 0 Å². The Bertz CT molecular complexity index is 494. The van der Waals surface area contributed by atoms with Crippen LogP contribution in [0, 0.1) is 11.3 Å². The summed E-state index contributed by atoms with van der Waals surface area (Å²) in [7, 11) is 0. The maximum absolute atomic E-state index is 8.74. The molecular formula is C11H9N3. The predicted octanol–water partition coefficient (Wildman–Crippen LogP) is 1.76. The molecule has 0 aliphatic rings. The molecule has 3 nitrogen and oxygen atoms in total. The lowest BCUT2D eigenvalue weighted by Gasteiger charge is -2.06. The van der Waals surface area contributed by atoms with Gasteiger partial charge in [0.05, 0.1) is 6.07 Å². The number of fused-ring (bicyclic) bond motifs is 1. The summed E-state index contributed by atoms with van der Waals surface area (Å²) < 4.78 is 0. The van der Waals surface area contributed by atoms with Crippen molar-refractivity contribution in [2.75, 3.05) is 0 Å². The van der Waals surface area contributed by atoms with E-state index >= 15 is 0 Å². The first-order valence-corrected chi connectivity index (χ1v) is 4.31. The lowest BCUT2D eigenvalue weighted by atomic mass is 10.0. The number of rotatable bonds is 1. The summed E-state index contributed by atoms with van der Waals surface area (Å²) in [6, 6.07) is 9.17. The molecule has 1 unspecified atom stereocenters. The van der Waals surface area contributed by atoms with Crippen molar-refractivity contribution in [3.05, 3.63) is 42.2 Å². The van der Waals surface area contributed by atoms with Crippen LogP contribution in [0.1, 0.15) is 11.6 Å². The van der Waals surface area contributed by atoms with E-state index in [-0.39, 0.29) is 0 Å². The highest BCUT2D eigenvalue weighted by atomic mass is 14.7. The Morgan fingerprint density at radius 3 is 2.86 bits per heavy atom. The zero-order valence-electron chi connectivity index (χ0n) is 7.51. The molecule has 0 aliphatic carbocycles. The van der Waals surface area contributed by atoms with Crippen molar-refractivity contribution in [1.29, 1.82) is 5.26 Å². The zero-order chi connectivity index (χ0) is 9.97. The van der Waals surface area contributed by atoms with Crippen LogP contribution in [0.25, 0.3) is 10.8 Å². The molecule has 0 saturated carbocycles. The third-order valence-electron chi connectivity index (χ3n) is 2.17.